The van der Waals surface area contributed by atoms with Gasteiger partial charge in [-0.1, -0.05) is 18.2 Å². The third kappa shape index (κ3) is 5.53. The Bertz CT molecular complexity index is 528. The molecule has 1 heterocycles. The van der Waals surface area contributed by atoms with Crippen LogP contribution in [0.1, 0.15) is 19.8 Å². The number of likely N-dealkylation sites (tertiary alicyclic amines) is 1. The highest BCUT2D eigenvalue weighted by Crippen LogP contribution is 2.18. The second-order valence-electron chi connectivity index (χ2n) is 6.19. The molecule has 0 aromatic heterocycles. The molecule has 2 rings (SSSR count). The van der Waals surface area contributed by atoms with E-state index in [9.17, 15) is 9.59 Å². The molecule has 0 saturated carbocycles. The highest BCUT2D eigenvalue weighted by molar-refractivity contribution is 5.80. The summed E-state index contributed by atoms with van der Waals surface area (Å²) in [5, 5.41) is 6.06. The van der Waals surface area contributed by atoms with Crippen LogP contribution in [0.3, 0.4) is 0 Å². The van der Waals surface area contributed by atoms with Gasteiger partial charge >= 0.3 is 0 Å². The molecule has 1 unspecified atom stereocenters. The fourth-order valence-electron chi connectivity index (χ4n) is 2.64. The number of carbonyl (C=O) groups is 2. The maximum Gasteiger partial charge on any atom is 0.260 e. The van der Waals surface area contributed by atoms with Gasteiger partial charge in [0, 0.05) is 31.6 Å². The van der Waals surface area contributed by atoms with Crippen molar-refractivity contribution in [2.24, 2.45) is 5.92 Å². The molecule has 0 bridgehead atoms. The van der Waals surface area contributed by atoms with Gasteiger partial charge in [0.05, 0.1) is 0 Å². The Hall–Kier alpha value is -2.08. The third-order valence-corrected chi connectivity index (χ3v) is 4.40. The lowest BCUT2D eigenvalue weighted by molar-refractivity contribution is -0.137. The van der Waals surface area contributed by atoms with Crippen molar-refractivity contribution in [2.45, 2.75) is 25.8 Å². The van der Waals surface area contributed by atoms with Crippen molar-refractivity contribution in [1.82, 2.24) is 15.5 Å². The first-order chi connectivity index (χ1) is 11.6. The largest absolute Gasteiger partial charge is 0.484 e. The van der Waals surface area contributed by atoms with E-state index in [2.05, 4.69) is 10.6 Å². The predicted octanol–water partition coefficient (Wildman–Crippen LogP) is 1.03. The summed E-state index contributed by atoms with van der Waals surface area (Å²) in [4.78, 5) is 26.1. The number of hydrogen-bond acceptors (Lipinski definition) is 4. The van der Waals surface area contributed by atoms with Gasteiger partial charge in [-0.15, -0.1) is 0 Å². The summed E-state index contributed by atoms with van der Waals surface area (Å²) in [5.41, 5.74) is 0. The van der Waals surface area contributed by atoms with E-state index in [-0.39, 0.29) is 30.4 Å². The lowest BCUT2D eigenvalue weighted by atomic mass is 9.96. The van der Waals surface area contributed by atoms with E-state index in [4.69, 9.17) is 4.74 Å². The van der Waals surface area contributed by atoms with Gasteiger partial charge in [0.2, 0.25) is 5.91 Å². The van der Waals surface area contributed by atoms with Crippen LogP contribution in [0.5, 0.6) is 5.75 Å². The molecule has 2 N–H and O–H groups in total. The maximum atomic E-state index is 12.2. The zero-order valence-corrected chi connectivity index (χ0v) is 14.5. The Kier molecular flexibility index (Phi) is 7.06. The fourth-order valence-corrected chi connectivity index (χ4v) is 2.64. The van der Waals surface area contributed by atoms with Crippen LogP contribution < -0.4 is 15.4 Å². The minimum Gasteiger partial charge on any atom is -0.484 e. The smallest absolute Gasteiger partial charge is 0.260 e. The predicted molar refractivity (Wildman–Crippen MR) is 92.8 cm³/mol. The zero-order valence-electron chi connectivity index (χ0n) is 14.5. The number of nitrogens with zero attached hydrogens (tertiary/aromatic N) is 1. The van der Waals surface area contributed by atoms with Gasteiger partial charge < -0.3 is 20.3 Å². The van der Waals surface area contributed by atoms with Gasteiger partial charge in [-0.05, 0) is 38.9 Å². The summed E-state index contributed by atoms with van der Waals surface area (Å²) < 4.78 is 5.50. The molecule has 0 spiro atoms. The normalized spacial score (nSPS) is 16.5. The number of benzene rings is 1. The Balaban J connectivity index is 1.70. The molecule has 6 heteroatoms. The number of para-hydroxylation sites is 1. The minimum atomic E-state index is -0.0264. The van der Waals surface area contributed by atoms with Gasteiger partial charge in [0.15, 0.2) is 6.61 Å². The fraction of sp³-hybridized carbons (Fsp3) is 0.556. The van der Waals surface area contributed by atoms with Crippen LogP contribution in [0.4, 0.5) is 0 Å². The number of ether oxygens (including phenoxy) is 1. The summed E-state index contributed by atoms with van der Waals surface area (Å²) in [6, 6.07) is 9.57. The van der Waals surface area contributed by atoms with E-state index in [0.717, 1.165) is 0 Å². The van der Waals surface area contributed by atoms with Crippen molar-refractivity contribution in [1.29, 1.82) is 0 Å². The Labute approximate surface area is 143 Å². The van der Waals surface area contributed by atoms with Crippen LogP contribution in [-0.4, -0.2) is 56.0 Å². The molecule has 1 fully saturated rings. The van der Waals surface area contributed by atoms with Crippen LogP contribution in [0.2, 0.25) is 0 Å². The standard InChI is InChI=1S/C18H27N3O3/c1-14(19-2)12-20-18(23)15-8-10-21(11-9-15)17(22)13-24-16-6-4-3-5-7-16/h3-7,14-15,19H,8-13H2,1-2H3,(H,20,23). The van der Waals surface area contributed by atoms with E-state index < -0.39 is 0 Å². The molecule has 24 heavy (non-hydrogen) atoms. The molecule has 6 nitrogen and oxygen atoms in total. The molecule has 0 radical (unpaired) electrons. The maximum absolute atomic E-state index is 12.2. The molecule has 1 aromatic rings. The number of rotatable bonds is 7. The van der Waals surface area contributed by atoms with Gasteiger partial charge in [0.25, 0.3) is 5.91 Å². The second kappa shape index (κ2) is 9.27. The number of hydrogen-bond donors (Lipinski definition) is 2. The average Bonchev–Trinajstić information content (AvgIpc) is 2.64. The van der Waals surface area contributed by atoms with E-state index >= 15 is 0 Å². The molecular weight excluding hydrogens is 306 g/mol. The van der Waals surface area contributed by atoms with E-state index in [0.29, 0.717) is 38.2 Å². The van der Waals surface area contributed by atoms with Crippen molar-refractivity contribution < 1.29 is 14.3 Å². The quantitative estimate of drug-likeness (QED) is 0.782. The van der Waals surface area contributed by atoms with Crippen molar-refractivity contribution in [3.8, 4) is 5.75 Å². The SMILES string of the molecule is CNC(C)CNC(=O)C1CCN(C(=O)COc2ccccc2)CC1. The topological polar surface area (TPSA) is 70.7 Å². The molecule has 2 amide bonds. The van der Waals surface area contributed by atoms with E-state index in [1.807, 2.05) is 44.3 Å². The Morgan fingerprint density at radius 3 is 2.54 bits per heavy atom. The van der Waals surface area contributed by atoms with Crippen LogP contribution in [-0.2, 0) is 9.59 Å². The van der Waals surface area contributed by atoms with Crippen LogP contribution in [0.25, 0.3) is 0 Å². The minimum absolute atomic E-state index is 0.00634. The first-order valence-corrected chi connectivity index (χ1v) is 8.50. The highest BCUT2D eigenvalue weighted by Gasteiger charge is 2.27. The molecule has 1 aromatic carbocycles. The van der Waals surface area contributed by atoms with Crippen molar-refractivity contribution in [2.75, 3.05) is 33.3 Å². The van der Waals surface area contributed by atoms with Crippen molar-refractivity contribution >= 4 is 11.8 Å². The molecule has 132 valence electrons. The monoisotopic (exact) mass is 333 g/mol. The number of likely N-dealkylation sites (N-methyl/N-ethyl adjacent to an activating group) is 1. The lowest BCUT2D eigenvalue weighted by Gasteiger charge is -2.31. The molecule has 1 atom stereocenters. The molecule has 0 aliphatic carbocycles. The summed E-state index contributed by atoms with van der Waals surface area (Å²) in [7, 11) is 1.87. The first-order valence-electron chi connectivity index (χ1n) is 8.50. The van der Waals surface area contributed by atoms with Crippen molar-refractivity contribution in [3.63, 3.8) is 0 Å². The van der Waals surface area contributed by atoms with Gasteiger partial charge in [-0.25, -0.2) is 0 Å². The zero-order chi connectivity index (χ0) is 17.4. The number of piperidine rings is 1. The van der Waals surface area contributed by atoms with Gasteiger partial charge in [-0.2, -0.15) is 0 Å². The number of carbonyl (C=O) groups excluding carboxylic acids is 2. The van der Waals surface area contributed by atoms with Crippen LogP contribution >= 0.6 is 0 Å². The van der Waals surface area contributed by atoms with Gasteiger partial charge in [-0.3, -0.25) is 9.59 Å². The van der Waals surface area contributed by atoms with Gasteiger partial charge in [0.1, 0.15) is 5.75 Å². The van der Waals surface area contributed by atoms with Crippen molar-refractivity contribution in [3.05, 3.63) is 30.3 Å². The summed E-state index contributed by atoms with van der Waals surface area (Å²) in [6.07, 6.45) is 1.41. The molecule has 1 aliphatic rings. The molecule has 1 saturated heterocycles. The highest BCUT2D eigenvalue weighted by atomic mass is 16.5. The summed E-state index contributed by atoms with van der Waals surface area (Å²) in [5.74, 6) is 0.748. The first kappa shape index (κ1) is 18.3. The van der Waals surface area contributed by atoms with E-state index in [1.165, 1.54) is 0 Å². The second-order valence-corrected chi connectivity index (χ2v) is 6.19. The Morgan fingerprint density at radius 2 is 1.92 bits per heavy atom. The van der Waals surface area contributed by atoms with Crippen LogP contribution in [0, 0.1) is 5.92 Å². The number of nitrogens with one attached hydrogen (secondary N) is 2. The number of amides is 2. The summed E-state index contributed by atoms with van der Waals surface area (Å²) in [6.45, 7) is 3.90. The lowest BCUT2D eigenvalue weighted by Crippen LogP contribution is -2.46. The molecule has 1 aliphatic heterocycles. The summed E-state index contributed by atoms with van der Waals surface area (Å²) >= 11 is 0. The third-order valence-electron chi connectivity index (χ3n) is 4.40. The van der Waals surface area contributed by atoms with Crippen LogP contribution in [0.15, 0.2) is 30.3 Å². The van der Waals surface area contributed by atoms with E-state index in [1.54, 1.807) is 4.90 Å². The Morgan fingerprint density at radius 1 is 1.25 bits per heavy atom. The average molecular weight is 333 g/mol. The molecular formula is C18H27N3O3.